The molecule has 9 heteroatoms. The van der Waals surface area contributed by atoms with Gasteiger partial charge in [0.05, 0.1) is 5.39 Å². The van der Waals surface area contributed by atoms with E-state index in [-0.39, 0.29) is 12.0 Å². The van der Waals surface area contributed by atoms with Gasteiger partial charge in [-0.2, -0.15) is 0 Å². The summed E-state index contributed by atoms with van der Waals surface area (Å²) in [5.74, 6) is 0.984. The average molecular weight is 460 g/mol. The summed E-state index contributed by atoms with van der Waals surface area (Å²) in [4.78, 5) is 43.1. The number of aryl methyl sites for hydroxylation is 1. The van der Waals surface area contributed by atoms with Gasteiger partial charge in [0.2, 0.25) is 5.91 Å². The van der Waals surface area contributed by atoms with Crippen molar-refractivity contribution in [3.63, 3.8) is 0 Å². The van der Waals surface area contributed by atoms with Gasteiger partial charge in [0.25, 0.3) is 0 Å². The van der Waals surface area contributed by atoms with E-state index in [0.717, 1.165) is 35.3 Å². The zero-order chi connectivity index (χ0) is 22.9. The lowest BCUT2D eigenvalue weighted by molar-refractivity contribution is -0.138. The number of piperazine rings is 1. The van der Waals surface area contributed by atoms with Crippen LogP contribution in [0.15, 0.2) is 12.4 Å². The van der Waals surface area contributed by atoms with E-state index in [1.54, 1.807) is 22.6 Å². The van der Waals surface area contributed by atoms with Crippen LogP contribution in [0.1, 0.15) is 51.8 Å². The van der Waals surface area contributed by atoms with Crippen LogP contribution in [-0.2, 0) is 16.0 Å². The van der Waals surface area contributed by atoms with Gasteiger partial charge in [0.1, 0.15) is 28.6 Å². The minimum atomic E-state index is -0.573. The molecule has 8 nitrogen and oxygen atoms in total. The van der Waals surface area contributed by atoms with Gasteiger partial charge in [-0.15, -0.1) is 11.3 Å². The van der Waals surface area contributed by atoms with Crippen LogP contribution in [0, 0.1) is 0 Å². The summed E-state index contributed by atoms with van der Waals surface area (Å²) in [6, 6.07) is 1.76. The zero-order valence-corrected chi connectivity index (χ0v) is 20.3. The number of ether oxygens (including phenoxy) is 1. The molecule has 2 aromatic heterocycles. The van der Waals surface area contributed by atoms with Gasteiger partial charge < -0.3 is 14.5 Å². The first kappa shape index (κ1) is 22.8. The molecule has 0 saturated carbocycles. The molecule has 1 unspecified atom stereocenters. The fraction of sp³-hybridized carbons (Fsp3) is 0.652. The Balaban J connectivity index is 1.43. The number of hydrogen-bond acceptors (Lipinski definition) is 7. The van der Waals surface area contributed by atoms with E-state index in [4.69, 9.17) is 4.74 Å². The van der Waals surface area contributed by atoms with Crippen molar-refractivity contribution in [2.45, 2.75) is 65.0 Å². The van der Waals surface area contributed by atoms with Crippen LogP contribution in [0.3, 0.4) is 0 Å². The molecule has 2 aliphatic heterocycles. The number of nitrogens with zero attached hydrogens (tertiary/aromatic N) is 5. The summed E-state index contributed by atoms with van der Waals surface area (Å²) in [6.45, 7) is 10.9. The van der Waals surface area contributed by atoms with Crippen molar-refractivity contribution in [3.05, 3.63) is 17.3 Å². The molecule has 0 N–H and O–H groups in total. The Morgan fingerprint density at radius 2 is 1.88 bits per heavy atom. The molecule has 2 saturated heterocycles. The fourth-order valence-corrected chi connectivity index (χ4v) is 5.33. The Hall–Kier alpha value is -2.42. The fourth-order valence-electron chi connectivity index (χ4n) is 4.40. The van der Waals surface area contributed by atoms with Gasteiger partial charge in [-0.05, 0) is 52.5 Å². The number of aromatic nitrogens is 2. The summed E-state index contributed by atoms with van der Waals surface area (Å²) < 4.78 is 5.57. The third kappa shape index (κ3) is 4.82. The van der Waals surface area contributed by atoms with Gasteiger partial charge in [-0.25, -0.2) is 14.8 Å². The molecular weight excluding hydrogens is 426 g/mol. The predicted octanol–water partition coefficient (Wildman–Crippen LogP) is 3.69. The first-order chi connectivity index (χ1) is 15.3. The maximum absolute atomic E-state index is 13.4. The second-order valence-corrected chi connectivity index (χ2v) is 10.6. The number of piperidine rings is 1. The van der Waals surface area contributed by atoms with Crippen molar-refractivity contribution in [3.8, 4) is 0 Å². The molecule has 4 heterocycles. The summed E-state index contributed by atoms with van der Waals surface area (Å²) in [7, 11) is 0. The number of hydrogen-bond donors (Lipinski definition) is 0. The van der Waals surface area contributed by atoms with E-state index >= 15 is 0 Å². The topological polar surface area (TPSA) is 78.9 Å². The van der Waals surface area contributed by atoms with Crippen LogP contribution in [0.2, 0.25) is 0 Å². The van der Waals surface area contributed by atoms with Crippen molar-refractivity contribution >= 4 is 39.4 Å². The highest BCUT2D eigenvalue weighted by Gasteiger charge is 2.38. The Bertz CT molecular complexity index is 978. The molecule has 0 aliphatic carbocycles. The van der Waals surface area contributed by atoms with Crippen molar-refractivity contribution in [1.82, 2.24) is 19.8 Å². The van der Waals surface area contributed by atoms with Crippen molar-refractivity contribution < 1.29 is 14.3 Å². The molecular formula is C23H33N5O3S. The molecule has 0 bridgehead atoms. The van der Waals surface area contributed by atoms with Crippen LogP contribution in [0.5, 0.6) is 0 Å². The summed E-state index contributed by atoms with van der Waals surface area (Å²) in [5, 5.41) is 1.09. The van der Waals surface area contributed by atoms with Gasteiger partial charge in [0.15, 0.2) is 0 Å². The Kier molecular flexibility index (Phi) is 6.55. The minimum Gasteiger partial charge on any atom is -0.444 e. The number of fused-ring (bicyclic) bond motifs is 1. The van der Waals surface area contributed by atoms with Crippen molar-refractivity contribution in [2.24, 2.45) is 0 Å². The summed E-state index contributed by atoms with van der Waals surface area (Å²) in [6.07, 6.45) is 4.78. The molecule has 174 valence electrons. The lowest BCUT2D eigenvalue weighted by Gasteiger charge is -2.41. The maximum Gasteiger partial charge on any atom is 0.410 e. The smallest absolute Gasteiger partial charge is 0.410 e. The Morgan fingerprint density at radius 1 is 1.12 bits per heavy atom. The monoisotopic (exact) mass is 459 g/mol. The summed E-state index contributed by atoms with van der Waals surface area (Å²) in [5.41, 5.74) is -0.573. The van der Waals surface area contributed by atoms with E-state index in [1.165, 1.54) is 4.88 Å². The first-order valence-electron chi connectivity index (χ1n) is 11.5. The third-order valence-corrected chi connectivity index (χ3v) is 7.20. The molecule has 2 aromatic rings. The average Bonchev–Trinajstić information content (AvgIpc) is 3.21. The number of thiophene rings is 1. The minimum absolute atomic E-state index is 0.0341. The number of likely N-dealkylation sites (tertiary alicyclic amines) is 1. The van der Waals surface area contributed by atoms with E-state index in [0.29, 0.717) is 39.1 Å². The van der Waals surface area contributed by atoms with E-state index in [9.17, 15) is 9.59 Å². The highest BCUT2D eigenvalue weighted by Crippen LogP contribution is 2.31. The van der Waals surface area contributed by atoms with E-state index in [2.05, 4.69) is 27.9 Å². The number of amides is 2. The molecule has 2 amide bonds. The standard InChI is InChI=1S/C23H33N5O3S/c1-5-16-14-17-19(24-15-25-20(17)32-16)26-10-12-27(13-11-26)21(29)18-8-6-7-9-28(18)22(30)31-23(2,3)4/h14-15,18H,5-13H2,1-4H3. The lowest BCUT2D eigenvalue weighted by Crippen LogP contribution is -2.57. The normalized spacial score (nSPS) is 20.0. The first-order valence-corrected chi connectivity index (χ1v) is 12.3. The predicted molar refractivity (Wildman–Crippen MR) is 126 cm³/mol. The highest BCUT2D eigenvalue weighted by atomic mass is 32.1. The quantitative estimate of drug-likeness (QED) is 0.697. The second-order valence-electron chi connectivity index (χ2n) is 9.48. The van der Waals surface area contributed by atoms with Crippen LogP contribution in [-0.4, -0.2) is 76.1 Å². The van der Waals surface area contributed by atoms with Gasteiger partial charge in [-0.1, -0.05) is 6.92 Å². The maximum atomic E-state index is 13.4. The lowest BCUT2D eigenvalue weighted by atomic mass is 10.0. The molecule has 0 spiro atoms. The molecule has 1 atom stereocenters. The molecule has 0 radical (unpaired) electrons. The molecule has 0 aromatic carbocycles. The Labute approximate surface area is 193 Å². The van der Waals surface area contributed by atoms with Crippen LogP contribution >= 0.6 is 11.3 Å². The van der Waals surface area contributed by atoms with Crippen LogP contribution in [0.4, 0.5) is 10.6 Å². The van der Waals surface area contributed by atoms with Crippen molar-refractivity contribution in [2.75, 3.05) is 37.6 Å². The molecule has 32 heavy (non-hydrogen) atoms. The Morgan fingerprint density at radius 3 is 2.56 bits per heavy atom. The van der Waals surface area contributed by atoms with Gasteiger partial charge in [-0.3, -0.25) is 9.69 Å². The van der Waals surface area contributed by atoms with E-state index < -0.39 is 11.6 Å². The number of rotatable bonds is 3. The van der Waals surface area contributed by atoms with Gasteiger partial charge in [0, 0.05) is 37.6 Å². The largest absolute Gasteiger partial charge is 0.444 e. The number of carbonyl (C=O) groups is 2. The second kappa shape index (κ2) is 9.21. The summed E-state index contributed by atoms with van der Waals surface area (Å²) >= 11 is 1.71. The van der Waals surface area contributed by atoms with Crippen molar-refractivity contribution in [1.29, 1.82) is 0 Å². The molecule has 2 fully saturated rings. The highest BCUT2D eigenvalue weighted by molar-refractivity contribution is 7.18. The van der Waals surface area contributed by atoms with Crippen LogP contribution in [0.25, 0.3) is 10.2 Å². The van der Waals surface area contributed by atoms with E-state index in [1.807, 2.05) is 25.7 Å². The zero-order valence-electron chi connectivity index (χ0n) is 19.5. The third-order valence-electron chi connectivity index (χ3n) is 6.01. The van der Waals surface area contributed by atoms with Crippen LogP contribution < -0.4 is 4.90 Å². The number of carbonyl (C=O) groups excluding carboxylic acids is 2. The molecule has 4 rings (SSSR count). The van der Waals surface area contributed by atoms with Gasteiger partial charge >= 0.3 is 6.09 Å². The molecule has 2 aliphatic rings. The SMILES string of the molecule is CCc1cc2c(N3CCN(C(=O)C4CCCCN4C(=O)OC(C)(C)C)CC3)ncnc2s1. The number of anilines is 1.